The van der Waals surface area contributed by atoms with Crippen molar-refractivity contribution in [2.24, 2.45) is 5.41 Å². The molecule has 0 aliphatic heterocycles. The molecular weight excluding hydrogens is 516 g/mol. The molecule has 0 heterocycles. The van der Waals surface area contributed by atoms with Gasteiger partial charge in [0.1, 0.15) is 0 Å². The topological polar surface area (TPSA) is 0 Å². The SMILES string of the molecule is C=C(CCc1ccc2c(c1)C(C)CC2(CC)CC)c1ccc(C2=CCC(c3cc(C)c(C)c(C)c3)(C(C)(C)C)C2)cc1C. The number of aryl methyl sites for hydroxylation is 4. The Morgan fingerprint density at radius 2 is 1.56 bits per heavy atom. The van der Waals surface area contributed by atoms with E-state index in [-0.39, 0.29) is 10.8 Å². The third kappa shape index (κ3) is 5.49. The first kappa shape index (κ1) is 31.6. The molecule has 2 aliphatic rings. The van der Waals surface area contributed by atoms with Crippen LogP contribution in [0.2, 0.25) is 0 Å². The molecule has 0 bridgehead atoms. The first-order valence-electron chi connectivity index (χ1n) is 16.9. The van der Waals surface area contributed by atoms with E-state index in [0.717, 1.165) is 25.7 Å². The Bertz CT molecular complexity index is 1540. The Labute approximate surface area is 263 Å². The highest BCUT2D eigenvalue weighted by Crippen LogP contribution is 2.55. The average molecular weight is 573 g/mol. The maximum absolute atomic E-state index is 4.57. The Kier molecular flexibility index (Phi) is 8.49. The highest BCUT2D eigenvalue weighted by Gasteiger charge is 2.46. The van der Waals surface area contributed by atoms with Crippen LogP contribution in [0.5, 0.6) is 0 Å². The standard InChI is InChI=1S/C43H56/c1-12-42(13-2)26-32(7)39-25-34(16-19-40(39)42)15-14-28(3)38-18-17-35(22-31(38)6)36-20-21-43(27-36,41(9,10)11)37-23-29(4)33(8)30(5)24-37/h16-20,22-25,32H,3,12-15,21,26-27H2,1-2,4-11H3. The number of benzene rings is 3. The highest BCUT2D eigenvalue weighted by atomic mass is 14.5. The van der Waals surface area contributed by atoms with Gasteiger partial charge in [0.05, 0.1) is 0 Å². The molecular formula is C43H56. The second kappa shape index (κ2) is 11.6. The minimum atomic E-state index is 0.114. The smallest absolute Gasteiger partial charge is 0.00767 e. The molecule has 0 fully saturated rings. The normalized spacial score (nSPS) is 21.2. The first-order valence-corrected chi connectivity index (χ1v) is 16.9. The van der Waals surface area contributed by atoms with Crippen molar-refractivity contribution in [1.29, 1.82) is 0 Å². The summed E-state index contributed by atoms with van der Waals surface area (Å²) < 4.78 is 0. The molecule has 2 aliphatic carbocycles. The largest absolute Gasteiger partial charge is 0.0952 e. The molecule has 3 aromatic rings. The van der Waals surface area contributed by atoms with E-state index in [1.54, 1.807) is 11.1 Å². The molecule has 0 saturated heterocycles. The number of fused-ring (bicyclic) bond motifs is 1. The molecule has 0 nitrogen and oxygen atoms in total. The van der Waals surface area contributed by atoms with Crippen molar-refractivity contribution in [2.75, 3.05) is 0 Å². The number of hydrogen-bond donors (Lipinski definition) is 0. The quantitative estimate of drug-likeness (QED) is 0.252. The van der Waals surface area contributed by atoms with Gasteiger partial charge in [-0.15, -0.1) is 0 Å². The van der Waals surface area contributed by atoms with E-state index in [2.05, 4.69) is 130 Å². The lowest BCUT2D eigenvalue weighted by Gasteiger charge is -2.43. The van der Waals surface area contributed by atoms with Crippen LogP contribution in [0.25, 0.3) is 11.1 Å². The zero-order chi connectivity index (χ0) is 31.3. The second-order valence-electron chi connectivity index (χ2n) is 15.3. The van der Waals surface area contributed by atoms with Gasteiger partial charge >= 0.3 is 0 Å². The Hall–Kier alpha value is -2.86. The predicted molar refractivity (Wildman–Crippen MR) is 189 cm³/mol. The molecule has 43 heavy (non-hydrogen) atoms. The van der Waals surface area contributed by atoms with Gasteiger partial charge in [-0.3, -0.25) is 0 Å². The number of allylic oxidation sites excluding steroid dienone is 3. The van der Waals surface area contributed by atoms with Crippen molar-refractivity contribution in [3.05, 3.63) is 117 Å². The fourth-order valence-electron chi connectivity index (χ4n) is 8.60. The van der Waals surface area contributed by atoms with Gasteiger partial charge in [0.2, 0.25) is 0 Å². The van der Waals surface area contributed by atoms with Crippen molar-refractivity contribution < 1.29 is 0 Å². The zero-order valence-corrected chi connectivity index (χ0v) is 28.9. The van der Waals surface area contributed by atoms with Crippen LogP contribution < -0.4 is 0 Å². The maximum atomic E-state index is 4.57. The van der Waals surface area contributed by atoms with Crippen LogP contribution in [0.1, 0.15) is 142 Å². The van der Waals surface area contributed by atoms with E-state index in [1.165, 1.54) is 74.9 Å². The van der Waals surface area contributed by atoms with Crippen LogP contribution in [-0.4, -0.2) is 0 Å². The molecule has 5 rings (SSSR count). The van der Waals surface area contributed by atoms with Crippen LogP contribution in [0, 0.1) is 33.1 Å². The summed E-state index contributed by atoms with van der Waals surface area (Å²) in [6.07, 6.45) is 10.6. The van der Waals surface area contributed by atoms with Gasteiger partial charge < -0.3 is 0 Å². The van der Waals surface area contributed by atoms with Gasteiger partial charge in [0, 0.05) is 5.41 Å². The molecule has 0 saturated carbocycles. The summed E-state index contributed by atoms with van der Waals surface area (Å²) in [6.45, 7) is 28.1. The lowest BCUT2D eigenvalue weighted by molar-refractivity contribution is 0.196. The molecule has 0 spiro atoms. The minimum absolute atomic E-state index is 0.114. The lowest BCUT2D eigenvalue weighted by atomic mass is 9.60. The third-order valence-electron chi connectivity index (χ3n) is 12.1. The first-order chi connectivity index (χ1) is 20.2. The van der Waals surface area contributed by atoms with Gasteiger partial charge in [0.25, 0.3) is 0 Å². The average Bonchev–Trinajstić information content (AvgIpc) is 3.55. The Balaban J connectivity index is 1.32. The van der Waals surface area contributed by atoms with Crippen molar-refractivity contribution >= 4 is 11.1 Å². The summed E-state index contributed by atoms with van der Waals surface area (Å²) in [5, 5.41) is 0. The van der Waals surface area contributed by atoms with Crippen molar-refractivity contribution in [1.82, 2.24) is 0 Å². The van der Waals surface area contributed by atoms with E-state index in [9.17, 15) is 0 Å². The molecule has 0 N–H and O–H groups in total. The Morgan fingerprint density at radius 3 is 2.16 bits per heavy atom. The summed E-state index contributed by atoms with van der Waals surface area (Å²) in [7, 11) is 0. The zero-order valence-electron chi connectivity index (χ0n) is 28.9. The van der Waals surface area contributed by atoms with Crippen molar-refractivity contribution in [3.63, 3.8) is 0 Å². The fraction of sp³-hybridized carbons (Fsp3) is 0.488. The summed E-state index contributed by atoms with van der Waals surface area (Å²) >= 11 is 0. The number of rotatable bonds is 8. The second-order valence-corrected chi connectivity index (χ2v) is 15.3. The van der Waals surface area contributed by atoms with Crippen molar-refractivity contribution in [3.8, 4) is 0 Å². The lowest BCUT2D eigenvalue weighted by Crippen LogP contribution is -2.38. The molecule has 0 heteroatoms. The van der Waals surface area contributed by atoms with E-state index >= 15 is 0 Å². The van der Waals surface area contributed by atoms with E-state index in [4.69, 9.17) is 0 Å². The molecule has 0 aromatic heterocycles. The van der Waals surface area contributed by atoms with E-state index in [1.807, 2.05) is 0 Å². The third-order valence-corrected chi connectivity index (χ3v) is 12.1. The fourth-order valence-corrected chi connectivity index (χ4v) is 8.60. The molecule has 3 aromatic carbocycles. The minimum Gasteiger partial charge on any atom is -0.0952 e. The van der Waals surface area contributed by atoms with E-state index < -0.39 is 0 Å². The van der Waals surface area contributed by atoms with Crippen LogP contribution in [0.3, 0.4) is 0 Å². The molecule has 0 amide bonds. The monoisotopic (exact) mass is 572 g/mol. The number of hydrogen-bond acceptors (Lipinski definition) is 0. The summed E-state index contributed by atoms with van der Waals surface area (Å²) in [5.41, 5.74) is 17.9. The van der Waals surface area contributed by atoms with Gasteiger partial charge in [0.15, 0.2) is 0 Å². The van der Waals surface area contributed by atoms with Crippen LogP contribution >= 0.6 is 0 Å². The Morgan fingerprint density at radius 1 is 0.884 bits per heavy atom. The van der Waals surface area contributed by atoms with Gasteiger partial charge in [-0.25, -0.2) is 0 Å². The summed E-state index contributed by atoms with van der Waals surface area (Å²) in [5.74, 6) is 0.661. The molecule has 2 atom stereocenters. The predicted octanol–water partition coefficient (Wildman–Crippen LogP) is 12.3. The molecule has 0 radical (unpaired) electrons. The van der Waals surface area contributed by atoms with Gasteiger partial charge in [-0.05, 0) is 156 Å². The molecule has 2 unspecified atom stereocenters. The molecule has 228 valence electrons. The van der Waals surface area contributed by atoms with Crippen LogP contribution in [-0.2, 0) is 17.3 Å². The van der Waals surface area contributed by atoms with Crippen LogP contribution in [0.4, 0.5) is 0 Å². The van der Waals surface area contributed by atoms with Crippen LogP contribution in [0.15, 0.2) is 61.2 Å². The van der Waals surface area contributed by atoms with Gasteiger partial charge in [-0.1, -0.05) is 103 Å². The summed E-state index contributed by atoms with van der Waals surface area (Å²) in [6, 6.07) is 19.4. The highest BCUT2D eigenvalue weighted by molar-refractivity contribution is 5.74. The van der Waals surface area contributed by atoms with E-state index in [0.29, 0.717) is 11.3 Å². The summed E-state index contributed by atoms with van der Waals surface area (Å²) in [4.78, 5) is 0. The maximum Gasteiger partial charge on any atom is 0.00767 e. The van der Waals surface area contributed by atoms with Gasteiger partial charge in [-0.2, -0.15) is 0 Å². The van der Waals surface area contributed by atoms with Crippen molar-refractivity contribution in [2.45, 2.75) is 131 Å².